The van der Waals surface area contributed by atoms with E-state index in [-0.39, 0.29) is 23.8 Å². The lowest BCUT2D eigenvalue weighted by Gasteiger charge is -2.18. The standard InChI is InChI=1S/C23H22N2O5S2/c1-4-9-25-18-13-19-20(30-11-10-29-19)14-21(18)31-23(25)24-22(26)12-16-5-7-17(8-6-16)32(27,28)15(2)3/h1,5-8,13-15H,9-12H2,2-3H3. The van der Waals surface area contributed by atoms with Gasteiger partial charge in [-0.05, 0) is 31.5 Å². The summed E-state index contributed by atoms with van der Waals surface area (Å²) in [5, 5.41) is -0.508. The van der Waals surface area contributed by atoms with Crippen molar-refractivity contribution in [2.45, 2.75) is 37.0 Å². The maximum absolute atomic E-state index is 12.7. The highest BCUT2D eigenvalue weighted by atomic mass is 32.2. The number of ether oxygens (including phenoxy) is 2. The first-order valence-electron chi connectivity index (χ1n) is 10.1. The Bertz CT molecular complexity index is 1390. The van der Waals surface area contributed by atoms with Crippen LogP contribution in [0.25, 0.3) is 10.2 Å². The molecule has 0 spiro atoms. The Morgan fingerprint density at radius 2 is 1.84 bits per heavy atom. The summed E-state index contributed by atoms with van der Waals surface area (Å²) in [4.78, 5) is 17.7. The first-order chi connectivity index (χ1) is 15.3. The third-order valence-corrected chi connectivity index (χ3v) is 8.26. The molecule has 0 atom stereocenters. The smallest absolute Gasteiger partial charge is 0.252 e. The van der Waals surface area contributed by atoms with Gasteiger partial charge in [-0.25, -0.2) is 8.42 Å². The molecule has 0 bridgehead atoms. The zero-order chi connectivity index (χ0) is 22.9. The van der Waals surface area contributed by atoms with Crippen molar-refractivity contribution in [2.75, 3.05) is 13.2 Å². The first-order valence-corrected chi connectivity index (χ1v) is 12.4. The van der Waals surface area contributed by atoms with Gasteiger partial charge in [0.25, 0.3) is 5.91 Å². The van der Waals surface area contributed by atoms with Crippen LogP contribution in [0.4, 0.5) is 0 Å². The zero-order valence-corrected chi connectivity index (χ0v) is 19.3. The maximum atomic E-state index is 12.7. The van der Waals surface area contributed by atoms with Gasteiger partial charge in [0.2, 0.25) is 0 Å². The van der Waals surface area contributed by atoms with E-state index in [1.807, 2.05) is 12.1 Å². The van der Waals surface area contributed by atoms with Gasteiger partial charge in [0.1, 0.15) is 13.2 Å². The highest BCUT2D eigenvalue weighted by Crippen LogP contribution is 2.35. The fourth-order valence-corrected chi connectivity index (χ4v) is 5.44. The number of hydrogen-bond acceptors (Lipinski definition) is 6. The number of thiazole rings is 1. The number of amides is 1. The van der Waals surface area contributed by atoms with Crippen LogP contribution in [-0.4, -0.2) is 37.4 Å². The van der Waals surface area contributed by atoms with E-state index in [9.17, 15) is 13.2 Å². The second-order valence-corrected chi connectivity index (χ2v) is 11.1. The Balaban J connectivity index is 1.64. The van der Waals surface area contributed by atoms with Crippen molar-refractivity contribution in [2.24, 2.45) is 4.99 Å². The Kier molecular flexibility index (Phi) is 6.09. The van der Waals surface area contributed by atoms with Crippen LogP contribution in [0.2, 0.25) is 0 Å². The lowest BCUT2D eigenvalue weighted by Crippen LogP contribution is -2.18. The van der Waals surface area contributed by atoms with Gasteiger partial charge in [0.15, 0.2) is 26.1 Å². The van der Waals surface area contributed by atoms with Crippen LogP contribution in [0.15, 0.2) is 46.3 Å². The van der Waals surface area contributed by atoms with Gasteiger partial charge >= 0.3 is 0 Å². The maximum Gasteiger partial charge on any atom is 0.252 e. The lowest BCUT2D eigenvalue weighted by atomic mass is 10.1. The molecule has 32 heavy (non-hydrogen) atoms. The molecule has 1 aliphatic heterocycles. The van der Waals surface area contributed by atoms with Crippen molar-refractivity contribution < 1.29 is 22.7 Å². The molecule has 4 rings (SSSR count). The predicted molar refractivity (Wildman–Crippen MR) is 123 cm³/mol. The number of rotatable bonds is 5. The Labute approximate surface area is 190 Å². The molecular weight excluding hydrogens is 448 g/mol. The molecule has 166 valence electrons. The normalized spacial score (nSPS) is 14.0. The SMILES string of the molecule is C#CCn1c(=NC(=O)Cc2ccc(S(=O)(=O)C(C)C)cc2)sc2cc3c(cc21)OCCO3. The van der Waals surface area contributed by atoms with Gasteiger partial charge in [-0.3, -0.25) is 4.79 Å². The van der Waals surface area contributed by atoms with Crippen LogP contribution in [0.1, 0.15) is 19.4 Å². The molecule has 0 aliphatic carbocycles. The van der Waals surface area contributed by atoms with E-state index < -0.39 is 15.1 Å². The fourth-order valence-electron chi connectivity index (χ4n) is 3.33. The van der Waals surface area contributed by atoms with Gasteiger partial charge in [-0.2, -0.15) is 4.99 Å². The average Bonchev–Trinajstić information content (AvgIpc) is 3.08. The van der Waals surface area contributed by atoms with E-state index in [2.05, 4.69) is 10.9 Å². The zero-order valence-electron chi connectivity index (χ0n) is 17.7. The minimum absolute atomic E-state index is 0.0506. The number of nitrogens with zero attached hydrogens (tertiary/aromatic N) is 2. The van der Waals surface area contributed by atoms with Crippen molar-refractivity contribution >= 4 is 37.3 Å². The molecule has 0 fully saturated rings. The van der Waals surface area contributed by atoms with E-state index in [1.165, 1.54) is 23.5 Å². The third kappa shape index (κ3) is 4.29. The van der Waals surface area contributed by atoms with Gasteiger partial charge in [-0.15, -0.1) is 6.42 Å². The summed E-state index contributed by atoms with van der Waals surface area (Å²) < 4.78 is 38.5. The number of benzene rings is 2. The number of fused-ring (bicyclic) bond motifs is 2. The molecule has 7 nitrogen and oxygen atoms in total. The molecule has 2 aromatic carbocycles. The molecular formula is C23H22N2O5S2. The van der Waals surface area contributed by atoms with Crippen LogP contribution in [0, 0.1) is 12.3 Å². The molecule has 1 aliphatic rings. The molecule has 9 heteroatoms. The summed E-state index contributed by atoms with van der Waals surface area (Å²) in [5.41, 5.74) is 1.51. The molecule has 2 heterocycles. The lowest BCUT2D eigenvalue weighted by molar-refractivity contribution is -0.117. The van der Waals surface area contributed by atoms with Gasteiger partial charge in [-0.1, -0.05) is 29.4 Å². The number of hydrogen-bond donors (Lipinski definition) is 0. The van der Waals surface area contributed by atoms with Gasteiger partial charge < -0.3 is 14.0 Å². The topological polar surface area (TPSA) is 87.0 Å². The molecule has 0 N–H and O–H groups in total. The Hall–Kier alpha value is -3.09. The van der Waals surface area contributed by atoms with Gasteiger partial charge in [0.05, 0.1) is 33.3 Å². The molecule has 1 aromatic heterocycles. The van der Waals surface area contributed by atoms with Crippen LogP contribution in [0.3, 0.4) is 0 Å². The number of terminal acetylenes is 1. The largest absolute Gasteiger partial charge is 0.486 e. The van der Waals surface area contributed by atoms with Crippen LogP contribution in [-0.2, 0) is 27.6 Å². The molecule has 1 amide bonds. The summed E-state index contributed by atoms with van der Waals surface area (Å²) in [6.45, 7) is 4.49. The second-order valence-electron chi connectivity index (χ2n) is 7.56. The van der Waals surface area contributed by atoms with Crippen LogP contribution < -0.4 is 14.3 Å². The quantitative estimate of drug-likeness (QED) is 0.535. The minimum atomic E-state index is -3.35. The monoisotopic (exact) mass is 470 g/mol. The van der Waals surface area contributed by atoms with E-state index >= 15 is 0 Å². The van der Waals surface area contributed by atoms with Crippen LogP contribution in [0.5, 0.6) is 11.5 Å². The minimum Gasteiger partial charge on any atom is -0.486 e. The molecule has 0 saturated carbocycles. The molecule has 0 unspecified atom stereocenters. The second kappa shape index (κ2) is 8.81. The van der Waals surface area contributed by atoms with Gasteiger partial charge in [0, 0.05) is 12.1 Å². The van der Waals surface area contributed by atoms with Crippen molar-refractivity contribution in [3.05, 3.63) is 46.8 Å². The highest BCUT2D eigenvalue weighted by molar-refractivity contribution is 7.92. The average molecular weight is 471 g/mol. The Morgan fingerprint density at radius 3 is 2.47 bits per heavy atom. The van der Waals surface area contributed by atoms with E-state index in [0.29, 0.717) is 35.1 Å². The first kappa shape index (κ1) is 22.1. The molecule has 3 aromatic rings. The van der Waals surface area contributed by atoms with E-state index in [1.54, 1.807) is 30.5 Å². The summed E-state index contributed by atoms with van der Waals surface area (Å²) in [5.74, 6) is 3.56. The van der Waals surface area contributed by atoms with Crippen molar-refractivity contribution in [1.82, 2.24) is 4.57 Å². The summed E-state index contributed by atoms with van der Waals surface area (Å²) in [6.07, 6.45) is 5.60. The summed E-state index contributed by atoms with van der Waals surface area (Å²) in [6, 6.07) is 10.1. The molecule has 0 saturated heterocycles. The fraction of sp³-hybridized carbons (Fsp3) is 0.304. The Morgan fingerprint density at radius 1 is 1.19 bits per heavy atom. The van der Waals surface area contributed by atoms with E-state index in [4.69, 9.17) is 15.9 Å². The van der Waals surface area contributed by atoms with E-state index in [0.717, 1.165) is 10.2 Å². The number of carbonyl (C=O) groups is 1. The predicted octanol–water partition coefficient (Wildman–Crippen LogP) is 2.96. The number of aromatic nitrogens is 1. The van der Waals surface area contributed by atoms with Crippen molar-refractivity contribution in [1.29, 1.82) is 0 Å². The van der Waals surface area contributed by atoms with Crippen molar-refractivity contribution in [3.8, 4) is 23.8 Å². The summed E-state index contributed by atoms with van der Waals surface area (Å²) >= 11 is 1.35. The number of sulfone groups is 1. The summed E-state index contributed by atoms with van der Waals surface area (Å²) in [7, 11) is -3.35. The van der Waals surface area contributed by atoms with Crippen LogP contribution >= 0.6 is 11.3 Å². The number of carbonyl (C=O) groups excluding carboxylic acids is 1. The third-order valence-electron chi connectivity index (χ3n) is 5.04. The molecule has 0 radical (unpaired) electrons. The van der Waals surface area contributed by atoms with Crippen molar-refractivity contribution in [3.63, 3.8) is 0 Å². The highest BCUT2D eigenvalue weighted by Gasteiger charge is 2.19.